The molecule has 1 aliphatic rings. The second kappa shape index (κ2) is 7.39. The predicted octanol–water partition coefficient (Wildman–Crippen LogP) is 2.85. The zero-order valence-corrected chi connectivity index (χ0v) is 15.4. The summed E-state index contributed by atoms with van der Waals surface area (Å²) in [6.45, 7) is 3.03. The summed E-state index contributed by atoms with van der Waals surface area (Å²) in [5.41, 5.74) is 5.90. The monoisotopic (exact) mass is 365 g/mol. The Bertz CT molecular complexity index is 818. The van der Waals surface area contributed by atoms with Crippen molar-refractivity contribution in [1.82, 2.24) is 9.29 Å². The smallest absolute Gasteiger partial charge is 0.243 e. The summed E-state index contributed by atoms with van der Waals surface area (Å²) in [6.07, 6.45) is 6.42. The van der Waals surface area contributed by atoms with Crippen LogP contribution in [-0.4, -0.2) is 42.6 Å². The van der Waals surface area contributed by atoms with Crippen LogP contribution in [0.15, 0.2) is 40.4 Å². The topological polar surface area (TPSA) is 76.3 Å². The number of hydrogen-bond acceptors (Lipinski definition) is 5. The molecule has 2 aromatic rings. The van der Waals surface area contributed by atoms with Crippen LogP contribution in [-0.2, 0) is 10.0 Å². The number of sulfonamides is 1. The average Bonchev–Trinajstić information content (AvgIpc) is 3.02. The van der Waals surface area contributed by atoms with E-state index in [0.717, 1.165) is 34.3 Å². The average molecular weight is 366 g/mol. The normalized spacial score (nSPS) is 19.2. The highest BCUT2D eigenvalue weighted by Gasteiger charge is 2.32. The third-order valence-corrected chi connectivity index (χ3v) is 7.29. The molecule has 2 N–H and O–H groups in total. The molecule has 1 aliphatic heterocycles. The Balaban J connectivity index is 2.07. The molecule has 130 valence electrons. The van der Waals surface area contributed by atoms with Gasteiger partial charge in [0.1, 0.15) is 0 Å². The van der Waals surface area contributed by atoms with Gasteiger partial charge in [0, 0.05) is 47.2 Å². The van der Waals surface area contributed by atoms with Crippen molar-refractivity contribution in [2.45, 2.75) is 42.0 Å². The molecular weight excluding hydrogens is 342 g/mol. The van der Waals surface area contributed by atoms with Crippen molar-refractivity contribution in [2.75, 3.05) is 18.8 Å². The van der Waals surface area contributed by atoms with Gasteiger partial charge in [0.25, 0.3) is 0 Å². The molecule has 1 aromatic heterocycles. The number of rotatable bonds is 6. The quantitative estimate of drug-likeness (QED) is 0.629. The molecular formula is C17H23N3O2S2. The lowest BCUT2D eigenvalue weighted by Gasteiger charge is -2.18. The Hall–Kier alpha value is -1.15. The fraction of sp³-hybridized carbons (Fsp3) is 0.471. The van der Waals surface area contributed by atoms with Crippen LogP contribution in [0.2, 0.25) is 0 Å². The number of fused-ring (bicyclic) bond motifs is 1. The lowest BCUT2D eigenvalue weighted by molar-refractivity contribution is 0.473. The molecule has 1 saturated heterocycles. The fourth-order valence-electron chi connectivity index (χ4n) is 2.93. The molecule has 7 heteroatoms. The number of hydrogen-bond donors (Lipinski definition) is 1. The van der Waals surface area contributed by atoms with Gasteiger partial charge >= 0.3 is 0 Å². The van der Waals surface area contributed by atoms with Gasteiger partial charge in [0.2, 0.25) is 10.0 Å². The lowest BCUT2D eigenvalue weighted by atomic mass is 10.2. The first-order chi connectivity index (χ1) is 11.5. The van der Waals surface area contributed by atoms with E-state index in [9.17, 15) is 8.42 Å². The van der Waals surface area contributed by atoms with Gasteiger partial charge in [-0.15, -0.1) is 11.8 Å². The first kappa shape index (κ1) is 17.7. The van der Waals surface area contributed by atoms with Gasteiger partial charge in [-0.1, -0.05) is 25.5 Å². The SMILES string of the molecule is CCCCSc1cncc2cccc(S(=O)(=O)N3CC[C@@H](N)C3)c12. The van der Waals surface area contributed by atoms with Gasteiger partial charge in [0.15, 0.2) is 0 Å². The zero-order valence-electron chi connectivity index (χ0n) is 13.8. The molecule has 24 heavy (non-hydrogen) atoms. The number of thioether (sulfide) groups is 1. The number of pyridine rings is 1. The van der Waals surface area contributed by atoms with E-state index in [4.69, 9.17) is 5.73 Å². The predicted molar refractivity (Wildman–Crippen MR) is 98.7 cm³/mol. The minimum atomic E-state index is -3.54. The van der Waals surface area contributed by atoms with Gasteiger partial charge in [0.05, 0.1) is 4.90 Å². The van der Waals surface area contributed by atoms with Crippen molar-refractivity contribution in [3.05, 3.63) is 30.6 Å². The van der Waals surface area contributed by atoms with Crippen LogP contribution >= 0.6 is 11.8 Å². The molecule has 1 aromatic carbocycles. The summed E-state index contributed by atoms with van der Waals surface area (Å²) in [6, 6.07) is 5.33. The van der Waals surface area contributed by atoms with Crippen LogP contribution in [0.4, 0.5) is 0 Å². The minimum Gasteiger partial charge on any atom is -0.326 e. The zero-order chi connectivity index (χ0) is 17.2. The van der Waals surface area contributed by atoms with E-state index in [1.165, 1.54) is 4.31 Å². The van der Waals surface area contributed by atoms with Crippen LogP contribution in [0.25, 0.3) is 10.8 Å². The Labute approximate surface area is 147 Å². The van der Waals surface area contributed by atoms with Crippen molar-refractivity contribution in [3.63, 3.8) is 0 Å². The van der Waals surface area contributed by atoms with Crippen molar-refractivity contribution >= 4 is 32.6 Å². The molecule has 2 heterocycles. The number of nitrogens with two attached hydrogens (primary N) is 1. The van der Waals surface area contributed by atoms with E-state index in [0.29, 0.717) is 24.4 Å². The number of unbranched alkanes of at least 4 members (excludes halogenated alkanes) is 1. The number of nitrogens with zero attached hydrogens (tertiary/aromatic N) is 2. The maximum Gasteiger partial charge on any atom is 0.243 e. The van der Waals surface area contributed by atoms with Crippen molar-refractivity contribution in [2.24, 2.45) is 5.73 Å². The summed E-state index contributed by atoms with van der Waals surface area (Å²) in [4.78, 5) is 5.58. The highest BCUT2D eigenvalue weighted by Crippen LogP contribution is 2.34. The van der Waals surface area contributed by atoms with Gasteiger partial charge in [-0.25, -0.2) is 8.42 Å². The summed E-state index contributed by atoms with van der Waals surface area (Å²) < 4.78 is 27.7. The van der Waals surface area contributed by atoms with Crippen LogP contribution in [0.3, 0.4) is 0 Å². The molecule has 0 bridgehead atoms. The molecule has 0 spiro atoms. The maximum atomic E-state index is 13.1. The number of aromatic nitrogens is 1. The molecule has 1 fully saturated rings. The molecule has 0 saturated carbocycles. The Kier molecular flexibility index (Phi) is 5.44. The summed E-state index contributed by atoms with van der Waals surface area (Å²) in [5.74, 6) is 0.959. The third-order valence-electron chi connectivity index (χ3n) is 4.27. The number of benzene rings is 1. The van der Waals surface area contributed by atoms with Crippen LogP contribution in [0.1, 0.15) is 26.2 Å². The molecule has 1 atom stereocenters. The third kappa shape index (κ3) is 3.44. The summed E-state index contributed by atoms with van der Waals surface area (Å²) in [7, 11) is -3.54. The van der Waals surface area contributed by atoms with E-state index < -0.39 is 10.0 Å². The van der Waals surface area contributed by atoms with Crippen LogP contribution < -0.4 is 5.73 Å². The highest BCUT2D eigenvalue weighted by molar-refractivity contribution is 7.99. The van der Waals surface area contributed by atoms with E-state index in [2.05, 4.69) is 11.9 Å². The first-order valence-electron chi connectivity index (χ1n) is 8.29. The molecule has 5 nitrogen and oxygen atoms in total. The fourth-order valence-corrected chi connectivity index (χ4v) is 5.90. The summed E-state index contributed by atoms with van der Waals surface area (Å²) in [5, 5.41) is 1.65. The van der Waals surface area contributed by atoms with Gasteiger partial charge in [-0.2, -0.15) is 4.31 Å². The van der Waals surface area contributed by atoms with Crippen molar-refractivity contribution < 1.29 is 8.42 Å². The van der Waals surface area contributed by atoms with E-state index in [-0.39, 0.29) is 6.04 Å². The van der Waals surface area contributed by atoms with Crippen molar-refractivity contribution in [1.29, 1.82) is 0 Å². The molecule has 0 amide bonds. The van der Waals surface area contributed by atoms with Crippen LogP contribution in [0.5, 0.6) is 0 Å². The standard InChI is InChI=1S/C17H23N3O2S2/c1-2-3-9-23-15-11-19-10-13-5-4-6-16(17(13)15)24(21,22)20-8-7-14(18)12-20/h4-6,10-11,14H,2-3,7-9,12,18H2,1H3/t14-/m1/s1. The molecule has 3 rings (SSSR count). The molecule has 0 unspecified atom stereocenters. The van der Waals surface area contributed by atoms with E-state index in [1.54, 1.807) is 36.3 Å². The highest BCUT2D eigenvalue weighted by atomic mass is 32.2. The molecule has 0 radical (unpaired) electrons. The summed E-state index contributed by atoms with van der Waals surface area (Å²) >= 11 is 1.68. The Morgan fingerprint density at radius 3 is 2.92 bits per heavy atom. The van der Waals surface area contributed by atoms with Crippen LogP contribution in [0, 0.1) is 0 Å². The Morgan fingerprint density at radius 1 is 1.38 bits per heavy atom. The minimum absolute atomic E-state index is 0.0742. The largest absolute Gasteiger partial charge is 0.326 e. The second-order valence-electron chi connectivity index (χ2n) is 6.11. The first-order valence-corrected chi connectivity index (χ1v) is 10.7. The van der Waals surface area contributed by atoms with Gasteiger partial charge in [-0.05, 0) is 24.7 Å². The van der Waals surface area contributed by atoms with Gasteiger partial charge < -0.3 is 5.73 Å². The van der Waals surface area contributed by atoms with E-state index >= 15 is 0 Å². The second-order valence-corrected chi connectivity index (χ2v) is 9.15. The maximum absolute atomic E-state index is 13.1. The van der Waals surface area contributed by atoms with Gasteiger partial charge in [-0.3, -0.25) is 4.98 Å². The molecule has 0 aliphatic carbocycles. The lowest BCUT2D eigenvalue weighted by Crippen LogP contribution is -2.32. The van der Waals surface area contributed by atoms with Crippen molar-refractivity contribution in [3.8, 4) is 0 Å². The Morgan fingerprint density at radius 2 is 2.21 bits per heavy atom. The van der Waals surface area contributed by atoms with E-state index in [1.807, 2.05) is 6.07 Å².